The highest BCUT2D eigenvalue weighted by molar-refractivity contribution is 7.10. The number of amides is 2. The molecule has 1 fully saturated rings. The summed E-state index contributed by atoms with van der Waals surface area (Å²) < 4.78 is 0. The molecule has 1 aromatic rings. The largest absolute Gasteiger partial charge is 0.356 e. The van der Waals surface area contributed by atoms with Crippen LogP contribution in [-0.4, -0.2) is 24.4 Å². The van der Waals surface area contributed by atoms with Gasteiger partial charge in [0.2, 0.25) is 11.8 Å². The first-order chi connectivity index (χ1) is 7.74. The molecule has 1 aromatic heterocycles. The van der Waals surface area contributed by atoms with Gasteiger partial charge in [-0.25, -0.2) is 0 Å². The average molecular weight is 238 g/mol. The lowest BCUT2D eigenvalue weighted by Crippen LogP contribution is -2.45. The number of rotatable bonds is 3. The second-order valence-electron chi connectivity index (χ2n) is 3.86. The van der Waals surface area contributed by atoms with Gasteiger partial charge in [-0.15, -0.1) is 11.3 Å². The summed E-state index contributed by atoms with van der Waals surface area (Å²) in [7, 11) is 0. The molecule has 1 aliphatic heterocycles. The molecule has 0 aliphatic carbocycles. The third-order valence-electron chi connectivity index (χ3n) is 2.53. The van der Waals surface area contributed by atoms with Crippen molar-refractivity contribution in [3.63, 3.8) is 0 Å². The zero-order valence-corrected chi connectivity index (χ0v) is 9.68. The maximum Gasteiger partial charge on any atom is 0.225 e. The van der Waals surface area contributed by atoms with E-state index in [1.54, 1.807) is 11.3 Å². The van der Waals surface area contributed by atoms with Crippen LogP contribution in [0.3, 0.4) is 0 Å². The van der Waals surface area contributed by atoms with Crippen molar-refractivity contribution in [2.75, 3.05) is 6.54 Å². The van der Waals surface area contributed by atoms with Crippen molar-refractivity contribution in [1.29, 1.82) is 0 Å². The lowest BCUT2D eigenvalue weighted by Gasteiger charge is -2.22. The highest BCUT2D eigenvalue weighted by Crippen LogP contribution is 2.10. The third-order valence-corrected chi connectivity index (χ3v) is 3.40. The lowest BCUT2D eigenvalue weighted by molar-refractivity contribution is -0.124. The van der Waals surface area contributed by atoms with E-state index in [2.05, 4.69) is 10.6 Å². The van der Waals surface area contributed by atoms with Crippen molar-refractivity contribution in [3.05, 3.63) is 22.4 Å². The zero-order valence-electron chi connectivity index (χ0n) is 8.86. The van der Waals surface area contributed by atoms with Gasteiger partial charge in [-0.3, -0.25) is 9.59 Å². The molecule has 86 valence electrons. The van der Waals surface area contributed by atoms with Gasteiger partial charge in [0.1, 0.15) is 0 Å². The first kappa shape index (κ1) is 11.1. The molecule has 2 rings (SSSR count). The molecule has 2 N–H and O–H groups in total. The topological polar surface area (TPSA) is 58.2 Å². The Labute approximate surface area is 98.0 Å². The molecular weight excluding hydrogens is 224 g/mol. The van der Waals surface area contributed by atoms with Gasteiger partial charge in [0.05, 0.1) is 6.42 Å². The van der Waals surface area contributed by atoms with E-state index < -0.39 is 0 Å². The van der Waals surface area contributed by atoms with Crippen LogP contribution in [0.4, 0.5) is 0 Å². The van der Waals surface area contributed by atoms with Crippen LogP contribution < -0.4 is 10.6 Å². The van der Waals surface area contributed by atoms with Crippen LogP contribution >= 0.6 is 11.3 Å². The Morgan fingerprint density at radius 3 is 3.19 bits per heavy atom. The summed E-state index contributed by atoms with van der Waals surface area (Å²) in [5.74, 6) is 0.0230. The Kier molecular flexibility index (Phi) is 3.56. The van der Waals surface area contributed by atoms with Crippen LogP contribution in [0.5, 0.6) is 0 Å². The molecule has 2 heterocycles. The van der Waals surface area contributed by atoms with E-state index >= 15 is 0 Å². The quantitative estimate of drug-likeness (QED) is 0.814. The van der Waals surface area contributed by atoms with Crippen LogP contribution in [0.25, 0.3) is 0 Å². The molecule has 16 heavy (non-hydrogen) atoms. The number of hydrogen-bond donors (Lipinski definition) is 2. The molecule has 0 saturated carbocycles. The zero-order chi connectivity index (χ0) is 11.4. The molecule has 1 unspecified atom stereocenters. The Morgan fingerprint density at radius 2 is 2.50 bits per heavy atom. The van der Waals surface area contributed by atoms with Gasteiger partial charge in [-0.05, 0) is 17.9 Å². The average Bonchev–Trinajstić information content (AvgIpc) is 2.70. The summed E-state index contributed by atoms with van der Waals surface area (Å²) in [5, 5.41) is 7.59. The monoisotopic (exact) mass is 238 g/mol. The maximum atomic E-state index is 11.6. The van der Waals surface area contributed by atoms with Gasteiger partial charge in [-0.1, -0.05) is 6.07 Å². The summed E-state index contributed by atoms with van der Waals surface area (Å²) >= 11 is 1.57. The van der Waals surface area contributed by atoms with E-state index in [1.165, 1.54) is 0 Å². The molecule has 5 heteroatoms. The first-order valence-electron chi connectivity index (χ1n) is 5.32. The van der Waals surface area contributed by atoms with Gasteiger partial charge in [0.15, 0.2) is 0 Å². The molecule has 1 atom stereocenters. The molecule has 1 saturated heterocycles. The second kappa shape index (κ2) is 5.12. The predicted molar refractivity (Wildman–Crippen MR) is 62.2 cm³/mol. The number of hydrogen-bond acceptors (Lipinski definition) is 3. The molecule has 0 spiro atoms. The Balaban J connectivity index is 1.80. The molecular formula is C11H14N2O2S. The third kappa shape index (κ3) is 3.06. The fraction of sp³-hybridized carbons (Fsp3) is 0.455. The van der Waals surface area contributed by atoms with E-state index in [1.807, 2.05) is 17.5 Å². The summed E-state index contributed by atoms with van der Waals surface area (Å²) in [6.45, 7) is 0.656. The number of nitrogens with one attached hydrogen (secondary N) is 2. The van der Waals surface area contributed by atoms with Gasteiger partial charge in [0, 0.05) is 23.9 Å². The predicted octanol–water partition coefficient (Wildman–Crippen LogP) is 0.685. The molecule has 4 nitrogen and oxygen atoms in total. The van der Waals surface area contributed by atoms with Crippen LogP contribution in [0.15, 0.2) is 17.5 Å². The summed E-state index contributed by atoms with van der Waals surface area (Å²) in [6, 6.07) is 3.88. The number of piperidine rings is 1. The highest BCUT2D eigenvalue weighted by Gasteiger charge is 2.20. The fourth-order valence-corrected chi connectivity index (χ4v) is 2.46. The molecule has 0 bridgehead atoms. The smallest absolute Gasteiger partial charge is 0.225 e. The minimum absolute atomic E-state index is 0.00112. The Morgan fingerprint density at radius 1 is 1.62 bits per heavy atom. The number of carbonyl (C=O) groups is 2. The molecule has 0 radical (unpaired) electrons. The normalized spacial score (nSPS) is 20.2. The van der Waals surface area contributed by atoms with Crippen molar-refractivity contribution >= 4 is 23.2 Å². The van der Waals surface area contributed by atoms with Gasteiger partial charge in [0.25, 0.3) is 0 Å². The van der Waals surface area contributed by atoms with E-state index in [-0.39, 0.29) is 17.9 Å². The first-order valence-corrected chi connectivity index (χ1v) is 6.20. The van der Waals surface area contributed by atoms with Crippen molar-refractivity contribution in [2.45, 2.75) is 25.3 Å². The van der Waals surface area contributed by atoms with Crippen molar-refractivity contribution in [2.24, 2.45) is 0 Å². The van der Waals surface area contributed by atoms with Gasteiger partial charge in [-0.2, -0.15) is 0 Å². The van der Waals surface area contributed by atoms with E-state index in [4.69, 9.17) is 0 Å². The van der Waals surface area contributed by atoms with Crippen LogP contribution in [0.1, 0.15) is 17.7 Å². The van der Waals surface area contributed by atoms with Crippen molar-refractivity contribution in [1.82, 2.24) is 10.6 Å². The van der Waals surface area contributed by atoms with Crippen molar-refractivity contribution in [3.8, 4) is 0 Å². The Bertz CT molecular complexity index is 375. The van der Waals surface area contributed by atoms with Crippen LogP contribution in [-0.2, 0) is 16.0 Å². The van der Waals surface area contributed by atoms with Gasteiger partial charge >= 0.3 is 0 Å². The maximum absolute atomic E-state index is 11.6. The second-order valence-corrected chi connectivity index (χ2v) is 4.90. The van der Waals surface area contributed by atoms with Crippen LogP contribution in [0, 0.1) is 0 Å². The van der Waals surface area contributed by atoms with E-state index in [9.17, 15) is 9.59 Å². The highest BCUT2D eigenvalue weighted by atomic mass is 32.1. The minimum atomic E-state index is 0.00112. The number of carbonyl (C=O) groups excluding carboxylic acids is 2. The lowest BCUT2D eigenvalue weighted by atomic mass is 10.1. The van der Waals surface area contributed by atoms with Crippen molar-refractivity contribution < 1.29 is 9.59 Å². The molecule has 0 aromatic carbocycles. The van der Waals surface area contributed by atoms with Gasteiger partial charge < -0.3 is 10.6 Å². The minimum Gasteiger partial charge on any atom is -0.356 e. The molecule has 2 amide bonds. The fourth-order valence-electron chi connectivity index (χ4n) is 1.76. The standard InChI is InChI=1S/C11H14N2O2S/c14-10-6-8(3-4-12-10)13-11(15)7-9-2-1-5-16-9/h1-2,5,8H,3-4,6-7H2,(H,12,14)(H,13,15). The summed E-state index contributed by atoms with van der Waals surface area (Å²) in [6.07, 6.45) is 1.63. The number of thiophene rings is 1. The Hall–Kier alpha value is -1.36. The van der Waals surface area contributed by atoms with Crippen LogP contribution in [0.2, 0.25) is 0 Å². The SMILES string of the molecule is O=C1CC(NC(=O)Cc2cccs2)CCN1. The molecule has 1 aliphatic rings. The summed E-state index contributed by atoms with van der Waals surface area (Å²) in [5.41, 5.74) is 0. The van der Waals surface area contributed by atoms with E-state index in [0.717, 1.165) is 11.3 Å². The van der Waals surface area contributed by atoms with E-state index in [0.29, 0.717) is 19.4 Å². The summed E-state index contributed by atoms with van der Waals surface area (Å²) in [4.78, 5) is 23.8.